The third-order valence-corrected chi connectivity index (χ3v) is 5.45. The van der Waals surface area contributed by atoms with E-state index in [4.69, 9.17) is 23.2 Å². The van der Waals surface area contributed by atoms with Crippen LogP contribution in [0.25, 0.3) is 0 Å². The van der Waals surface area contributed by atoms with E-state index in [0.717, 1.165) is 6.42 Å². The molecule has 102 valence electrons. The van der Waals surface area contributed by atoms with Gasteiger partial charge in [-0.2, -0.15) is 0 Å². The van der Waals surface area contributed by atoms with E-state index in [-0.39, 0.29) is 40.5 Å². The van der Waals surface area contributed by atoms with Gasteiger partial charge in [-0.1, -0.05) is 41.4 Å². The Labute approximate surface area is 126 Å². The lowest BCUT2D eigenvalue weighted by atomic mass is 9.85. The summed E-state index contributed by atoms with van der Waals surface area (Å²) in [7, 11) is 0. The van der Waals surface area contributed by atoms with Crippen molar-refractivity contribution in [2.45, 2.75) is 6.42 Å². The molecule has 2 fully saturated rings. The molecule has 0 N–H and O–H groups in total. The summed E-state index contributed by atoms with van der Waals surface area (Å²) in [4.78, 5) is 26.5. The Morgan fingerprint density at radius 1 is 1.00 bits per heavy atom. The van der Waals surface area contributed by atoms with E-state index in [1.807, 2.05) is 0 Å². The van der Waals surface area contributed by atoms with Gasteiger partial charge in [0, 0.05) is 0 Å². The van der Waals surface area contributed by atoms with E-state index >= 15 is 0 Å². The largest absolute Gasteiger partial charge is 0.274 e. The van der Waals surface area contributed by atoms with Crippen molar-refractivity contribution >= 4 is 40.7 Å². The van der Waals surface area contributed by atoms with Gasteiger partial charge in [-0.15, -0.1) is 0 Å². The van der Waals surface area contributed by atoms with Gasteiger partial charge in [0.15, 0.2) is 0 Å². The highest BCUT2D eigenvalue weighted by Crippen LogP contribution is 2.53. The number of carbonyl (C=O) groups is 2. The summed E-state index contributed by atoms with van der Waals surface area (Å²) >= 11 is 12.1. The molecule has 0 radical (unpaired) electrons. The lowest BCUT2D eigenvalue weighted by molar-refractivity contribution is -0.123. The Morgan fingerprint density at radius 2 is 1.60 bits per heavy atom. The highest BCUT2D eigenvalue weighted by atomic mass is 35.5. The van der Waals surface area contributed by atoms with Crippen LogP contribution in [0, 0.1) is 23.7 Å². The second-order valence-corrected chi connectivity index (χ2v) is 6.37. The number of rotatable bonds is 1. The van der Waals surface area contributed by atoms with Crippen LogP contribution in [0.4, 0.5) is 5.69 Å². The number of carbonyl (C=O) groups excluding carboxylic acids is 2. The minimum atomic E-state index is -0.215. The van der Waals surface area contributed by atoms with Crippen molar-refractivity contribution < 1.29 is 9.59 Å². The molecule has 20 heavy (non-hydrogen) atoms. The van der Waals surface area contributed by atoms with Crippen molar-refractivity contribution in [3.05, 3.63) is 40.4 Å². The number of anilines is 1. The molecule has 1 aliphatic heterocycles. The van der Waals surface area contributed by atoms with E-state index in [2.05, 4.69) is 12.2 Å². The fourth-order valence-electron chi connectivity index (χ4n) is 3.80. The lowest BCUT2D eigenvalue weighted by Gasteiger charge is -2.18. The average molecular weight is 308 g/mol. The molecule has 2 amide bonds. The van der Waals surface area contributed by atoms with Gasteiger partial charge >= 0.3 is 0 Å². The maximum atomic E-state index is 12.6. The van der Waals surface area contributed by atoms with Gasteiger partial charge in [0.1, 0.15) is 0 Å². The molecule has 5 heteroatoms. The maximum Gasteiger partial charge on any atom is 0.238 e. The quantitative estimate of drug-likeness (QED) is 0.589. The molecule has 3 nitrogen and oxygen atoms in total. The highest BCUT2D eigenvalue weighted by Gasteiger charge is 2.59. The van der Waals surface area contributed by atoms with Crippen LogP contribution in [0.15, 0.2) is 30.4 Å². The molecule has 4 rings (SSSR count). The molecule has 0 spiro atoms. The van der Waals surface area contributed by atoms with Crippen LogP contribution in [0.5, 0.6) is 0 Å². The van der Waals surface area contributed by atoms with Crippen molar-refractivity contribution in [1.29, 1.82) is 0 Å². The number of halogens is 2. The molecule has 3 aliphatic rings. The molecule has 1 heterocycles. The Balaban J connectivity index is 1.80. The number of hydrogen-bond acceptors (Lipinski definition) is 2. The van der Waals surface area contributed by atoms with Crippen molar-refractivity contribution in [1.82, 2.24) is 0 Å². The molecular weight excluding hydrogens is 297 g/mol. The highest BCUT2D eigenvalue weighted by molar-refractivity contribution is 6.44. The lowest BCUT2D eigenvalue weighted by Crippen LogP contribution is -2.33. The van der Waals surface area contributed by atoms with Crippen molar-refractivity contribution in [3.8, 4) is 0 Å². The zero-order valence-electron chi connectivity index (χ0n) is 10.4. The van der Waals surface area contributed by atoms with E-state index in [1.54, 1.807) is 18.2 Å². The van der Waals surface area contributed by atoms with Crippen LogP contribution >= 0.6 is 23.2 Å². The minimum absolute atomic E-state index is 0.138. The number of fused-ring (bicyclic) bond motifs is 5. The van der Waals surface area contributed by atoms with Gasteiger partial charge in [0.05, 0.1) is 27.6 Å². The van der Waals surface area contributed by atoms with Gasteiger partial charge in [-0.3, -0.25) is 9.59 Å². The number of hydrogen-bond donors (Lipinski definition) is 0. The topological polar surface area (TPSA) is 37.4 Å². The predicted octanol–water partition coefficient (Wildman–Crippen LogP) is 3.30. The second-order valence-electron chi connectivity index (χ2n) is 5.58. The monoisotopic (exact) mass is 307 g/mol. The third-order valence-electron chi connectivity index (χ3n) is 4.64. The van der Waals surface area contributed by atoms with E-state index in [0.29, 0.717) is 10.7 Å². The van der Waals surface area contributed by atoms with E-state index in [1.165, 1.54) is 4.90 Å². The summed E-state index contributed by atoms with van der Waals surface area (Å²) < 4.78 is 0. The molecule has 2 bridgehead atoms. The Morgan fingerprint density at radius 3 is 2.20 bits per heavy atom. The first-order chi connectivity index (χ1) is 9.59. The number of nitrogens with zero attached hydrogens (tertiary/aromatic N) is 1. The summed E-state index contributed by atoms with van der Waals surface area (Å²) in [5, 5.41) is 0.610. The number of imide groups is 1. The smallest absolute Gasteiger partial charge is 0.238 e. The van der Waals surface area contributed by atoms with Crippen molar-refractivity contribution in [2.75, 3.05) is 4.90 Å². The summed E-state index contributed by atoms with van der Waals surface area (Å²) in [5.74, 6) is -0.309. The molecule has 1 saturated heterocycles. The average Bonchev–Trinajstić information content (AvgIpc) is 3.09. The van der Waals surface area contributed by atoms with Gasteiger partial charge in [-0.05, 0) is 30.4 Å². The fourth-order valence-corrected chi connectivity index (χ4v) is 4.18. The molecule has 4 unspecified atom stereocenters. The zero-order chi connectivity index (χ0) is 14.0. The summed E-state index contributed by atoms with van der Waals surface area (Å²) in [6, 6.07) is 5.01. The predicted molar refractivity (Wildman–Crippen MR) is 76.7 cm³/mol. The Hall–Kier alpha value is -1.32. The first kappa shape index (κ1) is 12.4. The first-order valence-electron chi connectivity index (χ1n) is 6.59. The molecule has 2 aliphatic carbocycles. The molecule has 1 aromatic rings. The standard InChI is InChI=1S/C15H11Cl2NO2/c16-9-2-1-3-10(13(9)17)18-14(19)11-7-4-5-8(6-7)12(11)15(18)20/h1-5,7-8,11-12H,6H2. The first-order valence-corrected chi connectivity index (χ1v) is 7.35. The van der Waals surface area contributed by atoms with Crippen molar-refractivity contribution in [2.24, 2.45) is 23.7 Å². The summed E-state index contributed by atoms with van der Waals surface area (Å²) in [6.07, 6.45) is 5.06. The van der Waals surface area contributed by atoms with Gasteiger partial charge in [-0.25, -0.2) is 4.90 Å². The SMILES string of the molecule is O=C1C2C3C=CC(C3)C2C(=O)N1c1cccc(Cl)c1Cl. The number of amides is 2. The minimum Gasteiger partial charge on any atom is -0.274 e. The van der Waals surface area contributed by atoms with Crippen LogP contribution in [0.2, 0.25) is 10.0 Å². The molecule has 1 aromatic carbocycles. The second kappa shape index (κ2) is 4.09. The van der Waals surface area contributed by atoms with Crippen LogP contribution in [0.3, 0.4) is 0 Å². The third kappa shape index (κ3) is 1.42. The van der Waals surface area contributed by atoms with Crippen LogP contribution < -0.4 is 4.90 Å². The van der Waals surface area contributed by atoms with Gasteiger partial charge < -0.3 is 0 Å². The molecule has 1 saturated carbocycles. The Bertz CT molecular complexity index is 640. The van der Waals surface area contributed by atoms with Crippen LogP contribution in [0.1, 0.15) is 6.42 Å². The maximum absolute atomic E-state index is 12.6. The number of benzene rings is 1. The normalized spacial score (nSPS) is 34.2. The zero-order valence-corrected chi connectivity index (χ0v) is 11.9. The summed E-state index contributed by atoms with van der Waals surface area (Å²) in [5.41, 5.74) is 0.406. The van der Waals surface area contributed by atoms with Gasteiger partial charge in [0.25, 0.3) is 0 Å². The summed E-state index contributed by atoms with van der Waals surface area (Å²) in [6.45, 7) is 0. The van der Waals surface area contributed by atoms with Gasteiger partial charge in [0.2, 0.25) is 11.8 Å². The van der Waals surface area contributed by atoms with Crippen LogP contribution in [-0.2, 0) is 9.59 Å². The van der Waals surface area contributed by atoms with E-state index < -0.39 is 0 Å². The molecular formula is C15H11Cl2NO2. The van der Waals surface area contributed by atoms with Crippen LogP contribution in [-0.4, -0.2) is 11.8 Å². The molecule has 0 aromatic heterocycles. The molecule has 4 atom stereocenters. The number of allylic oxidation sites excluding steroid dienone is 2. The van der Waals surface area contributed by atoms with E-state index in [9.17, 15) is 9.59 Å². The Kier molecular flexibility index (Phi) is 2.54. The van der Waals surface area contributed by atoms with Crippen molar-refractivity contribution in [3.63, 3.8) is 0 Å². The fraction of sp³-hybridized carbons (Fsp3) is 0.333.